The van der Waals surface area contributed by atoms with Crippen LogP contribution in [-0.2, 0) is 16.0 Å². The van der Waals surface area contributed by atoms with Crippen LogP contribution in [0, 0.1) is 24.1 Å². The van der Waals surface area contributed by atoms with Gasteiger partial charge in [-0.15, -0.1) is 11.3 Å². The molecule has 4 aromatic heterocycles. The molecule has 20 heteroatoms. The molecule has 9 heterocycles. The highest BCUT2D eigenvalue weighted by molar-refractivity contribution is 7.13. The molecule has 6 atom stereocenters. The molecule has 1 unspecified atom stereocenters. The van der Waals surface area contributed by atoms with Crippen molar-refractivity contribution in [1.82, 2.24) is 50.4 Å². The standard InChI is InChI=1S/C63H77FN12O6S/c1-7-40-9-8-10-43-27-46(77)28-48(54(40)43)56-55(64)57-49(31-65-56)59(75-32-44-15-16-45(33-75)68-44)70-62(69-57)81-26-25-72-19-17-63(6,18-20-72)35-73-21-23-74(24-22-73)52-30-51(82-71-52)53(37(2)3)61(80)76-34-47(78)29-50(76)60(79)67-38(4)41-11-13-42(14-12-41)58-39(5)66-36-83-58/h8-14,27-28,30-31,36-38,44-45,47,50,53,68,77-78H,7,15-26,29,32-35H2,1-6H3,(H,67,79)/t38-,44-,45+,47+,50-,53?/m0/s1. The average Bonchev–Trinajstić information content (AvgIpc) is 3.09. The van der Waals surface area contributed by atoms with Crippen molar-refractivity contribution in [3.05, 3.63) is 101 Å². The number of amides is 2. The summed E-state index contributed by atoms with van der Waals surface area (Å²) in [5, 5.41) is 35.1. The maximum atomic E-state index is 17.2. The van der Waals surface area contributed by atoms with Crippen LogP contribution in [0.2, 0.25) is 0 Å². The van der Waals surface area contributed by atoms with Gasteiger partial charge < -0.3 is 44.8 Å². The Morgan fingerprint density at radius 1 is 0.940 bits per heavy atom. The molecule has 438 valence electrons. The van der Waals surface area contributed by atoms with E-state index in [2.05, 4.69) is 54.2 Å². The number of carbonyl (C=O) groups excluding carboxylic acids is 2. The van der Waals surface area contributed by atoms with Crippen molar-refractivity contribution < 1.29 is 33.5 Å². The lowest BCUT2D eigenvalue weighted by Crippen LogP contribution is -2.51. The number of hydrogen-bond acceptors (Lipinski definition) is 17. The van der Waals surface area contributed by atoms with Crippen molar-refractivity contribution in [1.29, 1.82) is 0 Å². The number of anilines is 2. The summed E-state index contributed by atoms with van der Waals surface area (Å²) in [5.41, 5.74) is 6.82. The van der Waals surface area contributed by atoms with E-state index in [1.165, 1.54) is 4.90 Å². The van der Waals surface area contributed by atoms with Gasteiger partial charge in [-0.2, -0.15) is 9.97 Å². The van der Waals surface area contributed by atoms with Crippen molar-refractivity contribution in [2.75, 3.05) is 88.4 Å². The molecule has 18 nitrogen and oxygen atoms in total. The number of thiazole rings is 1. The number of benzene rings is 3. The number of fused-ring (bicyclic) bond motifs is 4. The van der Waals surface area contributed by atoms with Crippen molar-refractivity contribution >= 4 is 56.5 Å². The van der Waals surface area contributed by atoms with Gasteiger partial charge in [0.1, 0.15) is 41.3 Å². The summed E-state index contributed by atoms with van der Waals surface area (Å²) in [6, 6.07) is 18.9. The van der Waals surface area contributed by atoms with Crippen LogP contribution in [-0.4, -0.2) is 165 Å². The molecule has 12 rings (SSSR count). The van der Waals surface area contributed by atoms with Gasteiger partial charge >= 0.3 is 6.01 Å². The highest BCUT2D eigenvalue weighted by Gasteiger charge is 2.44. The number of piperazine rings is 2. The molecule has 2 bridgehead atoms. The number of pyridine rings is 1. The topological polar surface area (TPSA) is 202 Å². The Bertz CT molecular complexity index is 3480. The number of halogens is 1. The number of aliphatic hydroxyl groups excluding tert-OH is 1. The zero-order chi connectivity index (χ0) is 57.7. The van der Waals surface area contributed by atoms with Crippen molar-refractivity contribution in [3.8, 4) is 33.5 Å². The molecule has 5 aliphatic heterocycles. The summed E-state index contributed by atoms with van der Waals surface area (Å²) < 4.78 is 29.5. The fraction of sp³-hybridized carbons (Fsp3) is 0.508. The number of nitrogens with zero attached hydrogens (tertiary/aromatic N) is 10. The number of piperidine rings is 1. The second-order valence-corrected chi connectivity index (χ2v) is 25.4. The van der Waals surface area contributed by atoms with Crippen LogP contribution < -0.4 is 25.2 Å². The van der Waals surface area contributed by atoms with Crippen molar-refractivity contribution in [2.24, 2.45) is 11.3 Å². The van der Waals surface area contributed by atoms with E-state index >= 15 is 4.39 Å². The van der Waals surface area contributed by atoms with Crippen LogP contribution >= 0.6 is 11.3 Å². The first kappa shape index (κ1) is 56.6. The van der Waals surface area contributed by atoms with Crippen LogP contribution in [0.4, 0.5) is 16.0 Å². The minimum atomic E-state index is -0.821. The van der Waals surface area contributed by atoms with Crippen LogP contribution in [0.25, 0.3) is 43.4 Å². The summed E-state index contributed by atoms with van der Waals surface area (Å²) in [7, 11) is 0. The number of aromatic nitrogens is 5. The quantitative estimate of drug-likeness (QED) is 0.0676. The molecule has 0 saturated carbocycles. The van der Waals surface area contributed by atoms with Gasteiger partial charge in [0.25, 0.3) is 0 Å². The predicted molar refractivity (Wildman–Crippen MR) is 320 cm³/mol. The number of aliphatic hydroxyl groups is 1. The predicted octanol–water partition coefficient (Wildman–Crippen LogP) is 8.49. The summed E-state index contributed by atoms with van der Waals surface area (Å²) >= 11 is 1.59. The maximum absolute atomic E-state index is 17.2. The smallest absolute Gasteiger partial charge is 0.319 e. The zero-order valence-electron chi connectivity index (χ0n) is 48.5. The number of aromatic hydroxyl groups is 1. The third-order valence-electron chi connectivity index (χ3n) is 18.2. The number of phenols is 1. The first-order valence-electron chi connectivity index (χ1n) is 29.8. The van der Waals surface area contributed by atoms with E-state index < -0.39 is 23.9 Å². The third-order valence-corrected chi connectivity index (χ3v) is 19.2. The van der Waals surface area contributed by atoms with E-state index in [-0.39, 0.29) is 65.1 Å². The second-order valence-electron chi connectivity index (χ2n) is 24.5. The van der Waals surface area contributed by atoms with Gasteiger partial charge in [-0.05, 0) is 110 Å². The second kappa shape index (κ2) is 23.7. The van der Waals surface area contributed by atoms with Gasteiger partial charge in [-0.3, -0.25) is 24.4 Å². The number of β-amino-alcohol motifs (C(OH)–C–C–N with tert-alkyl or cyclic N) is 1. The first-order valence-corrected chi connectivity index (χ1v) is 30.7. The minimum Gasteiger partial charge on any atom is -0.508 e. The van der Waals surface area contributed by atoms with E-state index in [1.54, 1.807) is 29.7 Å². The molecule has 5 saturated heterocycles. The normalized spacial score (nSPS) is 22.0. The zero-order valence-corrected chi connectivity index (χ0v) is 49.3. The molecule has 0 aliphatic carbocycles. The Morgan fingerprint density at radius 2 is 1.70 bits per heavy atom. The van der Waals surface area contributed by atoms with E-state index in [0.29, 0.717) is 53.6 Å². The average molecular weight is 1150 g/mol. The number of phenolic OH excluding ortho intramolecular Hbond substituents is 1. The Labute approximate surface area is 488 Å². The summed E-state index contributed by atoms with van der Waals surface area (Å²) in [6.07, 6.45) is 6.00. The van der Waals surface area contributed by atoms with E-state index in [0.717, 1.165) is 129 Å². The number of rotatable bonds is 17. The van der Waals surface area contributed by atoms with Gasteiger partial charge in [0.15, 0.2) is 17.4 Å². The first-order chi connectivity index (χ1) is 40.1. The lowest BCUT2D eigenvalue weighted by molar-refractivity contribution is -0.141. The number of hydrogen-bond donors (Lipinski definition) is 4. The van der Waals surface area contributed by atoms with Crippen molar-refractivity contribution in [2.45, 2.75) is 116 Å². The Morgan fingerprint density at radius 3 is 2.41 bits per heavy atom. The van der Waals surface area contributed by atoms with Gasteiger partial charge in [0.2, 0.25) is 11.8 Å². The third kappa shape index (κ3) is 11.7. The number of ether oxygens (including phenoxy) is 1. The molecule has 0 spiro atoms. The Balaban J connectivity index is 0.643. The van der Waals surface area contributed by atoms with E-state index in [4.69, 9.17) is 24.2 Å². The van der Waals surface area contributed by atoms with Gasteiger partial charge in [0.05, 0.1) is 33.6 Å². The number of likely N-dealkylation sites (tertiary alicyclic amines) is 2. The minimum absolute atomic E-state index is 0.0439. The fourth-order valence-electron chi connectivity index (χ4n) is 13.6. The molecule has 5 fully saturated rings. The van der Waals surface area contributed by atoms with Crippen LogP contribution in [0.3, 0.4) is 0 Å². The monoisotopic (exact) mass is 1150 g/mol. The molecular weight excluding hydrogens is 1070 g/mol. The molecule has 7 aromatic rings. The lowest BCUT2D eigenvalue weighted by atomic mass is 9.79. The van der Waals surface area contributed by atoms with Crippen LogP contribution in [0.15, 0.2) is 76.9 Å². The largest absolute Gasteiger partial charge is 0.508 e. The van der Waals surface area contributed by atoms with Gasteiger partial charge in [0, 0.05) is 95.2 Å². The summed E-state index contributed by atoms with van der Waals surface area (Å²) in [5.74, 6) is -0.127. The molecule has 5 aliphatic rings. The fourth-order valence-corrected chi connectivity index (χ4v) is 14.4. The highest BCUT2D eigenvalue weighted by atomic mass is 32.1. The SMILES string of the molecule is CCc1cccc2cc(O)cc(-c3ncc4c(N5C[C@H]6CC[C@@H](C5)N6)nc(OCCN5CCC(C)(CN6CCN(c7cc(C(C(=O)N8C[C@H](O)C[C@H]8C(=O)N[C@@H](C)c8ccc(-c9scnc9C)cc8)C(C)C)on7)CC6)CC5)nc4c3F)c12. The number of aryl methyl sites for hydroxylation is 2. The highest BCUT2D eigenvalue weighted by Crippen LogP contribution is 2.41. The van der Waals surface area contributed by atoms with Gasteiger partial charge in [-0.1, -0.05) is 75.3 Å². The molecule has 2 amide bonds. The molecule has 0 radical (unpaired) electrons. The van der Waals surface area contributed by atoms with E-state index in [9.17, 15) is 19.8 Å². The summed E-state index contributed by atoms with van der Waals surface area (Å²) in [6.45, 7) is 21.0. The molecule has 3 aromatic carbocycles. The number of nitrogens with one attached hydrogen (secondary N) is 2. The molecule has 83 heavy (non-hydrogen) atoms. The molecular formula is C63H77FN12O6S. The maximum Gasteiger partial charge on any atom is 0.319 e. The Kier molecular flexibility index (Phi) is 16.1. The van der Waals surface area contributed by atoms with Crippen LogP contribution in [0.5, 0.6) is 11.8 Å². The van der Waals surface area contributed by atoms with Crippen LogP contribution in [0.1, 0.15) is 101 Å². The Hall–Kier alpha value is -6.84. The lowest BCUT2D eigenvalue weighted by Gasteiger charge is -2.44. The van der Waals surface area contributed by atoms with Gasteiger partial charge in [-0.25, -0.2) is 9.37 Å². The summed E-state index contributed by atoms with van der Waals surface area (Å²) in [4.78, 5) is 59.2. The number of carbonyl (C=O) groups is 2. The molecule has 4 N–H and O–H groups in total. The van der Waals surface area contributed by atoms with E-state index in [1.807, 2.05) is 81.7 Å². The van der Waals surface area contributed by atoms with Crippen molar-refractivity contribution in [3.63, 3.8) is 0 Å².